The Bertz CT molecular complexity index is 399. The first-order valence-electron chi connectivity index (χ1n) is 4.61. The first-order chi connectivity index (χ1) is 6.74. The summed E-state index contributed by atoms with van der Waals surface area (Å²) in [5.41, 5.74) is 2.55. The third kappa shape index (κ3) is 1.29. The average molecular weight is 193 g/mol. The lowest BCUT2D eigenvalue weighted by atomic mass is 9.97. The second kappa shape index (κ2) is 3.40. The molecular weight excluding hydrogens is 181 g/mol. The van der Waals surface area contributed by atoms with Crippen molar-refractivity contribution in [2.24, 2.45) is 4.99 Å². The largest absolute Gasteiger partial charge is 0.494 e. The van der Waals surface area contributed by atoms with Crippen molar-refractivity contribution >= 4 is 5.71 Å². The number of ether oxygens (including phenoxy) is 1. The van der Waals surface area contributed by atoms with Crippen LogP contribution >= 0.6 is 0 Å². The first kappa shape index (κ1) is 9.19. The van der Waals surface area contributed by atoms with Gasteiger partial charge in [-0.1, -0.05) is 0 Å². The number of aliphatic imine (C=N–C) groups is 1. The van der Waals surface area contributed by atoms with E-state index in [-0.39, 0.29) is 5.82 Å². The molecule has 0 bridgehead atoms. The molecule has 1 heterocycles. The van der Waals surface area contributed by atoms with Crippen molar-refractivity contribution in [1.82, 2.24) is 0 Å². The smallest absolute Gasteiger partial charge is 0.168 e. The van der Waals surface area contributed by atoms with E-state index in [1.165, 1.54) is 7.11 Å². The standard InChI is InChI=1S/C11H12FNO/c1-7-8-3-4-10(14-2)11(12)9(8)5-6-13-7/h3-4H,5-6H2,1-2H3. The predicted molar refractivity (Wildman–Crippen MR) is 53.7 cm³/mol. The van der Waals surface area contributed by atoms with Gasteiger partial charge < -0.3 is 4.74 Å². The Kier molecular flexibility index (Phi) is 2.23. The molecule has 1 aromatic carbocycles. The van der Waals surface area contributed by atoms with Crippen molar-refractivity contribution in [1.29, 1.82) is 0 Å². The van der Waals surface area contributed by atoms with E-state index in [2.05, 4.69) is 4.99 Å². The van der Waals surface area contributed by atoms with Gasteiger partial charge in [0.2, 0.25) is 0 Å². The van der Waals surface area contributed by atoms with E-state index in [1.54, 1.807) is 6.07 Å². The zero-order chi connectivity index (χ0) is 10.1. The maximum absolute atomic E-state index is 13.7. The van der Waals surface area contributed by atoms with Gasteiger partial charge in [0.25, 0.3) is 0 Å². The van der Waals surface area contributed by atoms with Crippen LogP contribution in [-0.2, 0) is 6.42 Å². The van der Waals surface area contributed by atoms with Gasteiger partial charge in [-0.05, 0) is 25.5 Å². The van der Waals surface area contributed by atoms with Crippen LogP contribution in [-0.4, -0.2) is 19.4 Å². The van der Waals surface area contributed by atoms with Crippen molar-refractivity contribution in [3.05, 3.63) is 29.1 Å². The highest BCUT2D eigenvalue weighted by Gasteiger charge is 2.17. The molecule has 0 aliphatic carbocycles. The molecule has 1 aromatic rings. The summed E-state index contributed by atoms with van der Waals surface area (Å²) < 4.78 is 18.7. The zero-order valence-electron chi connectivity index (χ0n) is 8.30. The third-order valence-corrected chi connectivity index (χ3v) is 2.53. The number of hydrogen-bond acceptors (Lipinski definition) is 2. The van der Waals surface area contributed by atoms with Crippen LogP contribution in [0.25, 0.3) is 0 Å². The molecule has 0 unspecified atom stereocenters. The van der Waals surface area contributed by atoms with E-state index in [1.807, 2.05) is 13.0 Å². The molecule has 0 aromatic heterocycles. The normalized spacial score (nSPS) is 14.6. The van der Waals surface area contributed by atoms with E-state index in [9.17, 15) is 4.39 Å². The van der Waals surface area contributed by atoms with Crippen LogP contribution in [0.5, 0.6) is 5.75 Å². The molecule has 0 N–H and O–H groups in total. The minimum Gasteiger partial charge on any atom is -0.494 e. The average Bonchev–Trinajstić information content (AvgIpc) is 2.20. The van der Waals surface area contributed by atoms with Gasteiger partial charge >= 0.3 is 0 Å². The Morgan fingerprint density at radius 2 is 2.21 bits per heavy atom. The lowest BCUT2D eigenvalue weighted by Crippen LogP contribution is -2.12. The summed E-state index contributed by atoms with van der Waals surface area (Å²) in [5, 5.41) is 0. The molecule has 1 aliphatic heterocycles. The molecule has 0 saturated carbocycles. The van der Waals surface area contributed by atoms with E-state index < -0.39 is 0 Å². The van der Waals surface area contributed by atoms with Crippen molar-refractivity contribution in [2.75, 3.05) is 13.7 Å². The summed E-state index contributed by atoms with van der Waals surface area (Å²) in [6, 6.07) is 3.52. The minimum absolute atomic E-state index is 0.237. The molecule has 14 heavy (non-hydrogen) atoms. The van der Waals surface area contributed by atoms with Gasteiger partial charge in [0.1, 0.15) is 0 Å². The van der Waals surface area contributed by atoms with Crippen molar-refractivity contribution in [2.45, 2.75) is 13.3 Å². The summed E-state index contributed by atoms with van der Waals surface area (Å²) in [5.74, 6) is 0.0812. The number of methoxy groups -OCH3 is 1. The van der Waals surface area contributed by atoms with E-state index in [0.717, 1.165) is 16.8 Å². The maximum atomic E-state index is 13.7. The number of fused-ring (bicyclic) bond motifs is 1. The maximum Gasteiger partial charge on any atom is 0.168 e. The second-order valence-corrected chi connectivity index (χ2v) is 3.33. The number of halogens is 1. The molecule has 2 nitrogen and oxygen atoms in total. The Labute approximate surface area is 82.4 Å². The van der Waals surface area contributed by atoms with Gasteiger partial charge in [-0.15, -0.1) is 0 Å². The Morgan fingerprint density at radius 3 is 2.93 bits per heavy atom. The van der Waals surface area contributed by atoms with Crippen LogP contribution in [0.1, 0.15) is 18.1 Å². The number of hydrogen-bond donors (Lipinski definition) is 0. The number of benzene rings is 1. The number of nitrogens with zero attached hydrogens (tertiary/aromatic N) is 1. The Hall–Kier alpha value is -1.38. The summed E-state index contributed by atoms with van der Waals surface area (Å²) >= 11 is 0. The summed E-state index contributed by atoms with van der Waals surface area (Å²) in [6.45, 7) is 2.58. The van der Waals surface area contributed by atoms with Gasteiger partial charge in [0.15, 0.2) is 11.6 Å². The molecule has 0 amide bonds. The highest BCUT2D eigenvalue weighted by Crippen LogP contribution is 2.26. The molecule has 0 spiro atoms. The highest BCUT2D eigenvalue weighted by molar-refractivity contribution is 6.00. The summed E-state index contributed by atoms with van der Waals surface area (Å²) in [4.78, 5) is 4.28. The summed E-state index contributed by atoms with van der Waals surface area (Å²) in [6.07, 6.45) is 0.662. The fraction of sp³-hybridized carbons (Fsp3) is 0.364. The number of rotatable bonds is 1. The molecule has 0 fully saturated rings. The minimum atomic E-state index is -0.237. The van der Waals surface area contributed by atoms with E-state index in [4.69, 9.17) is 4.74 Å². The molecule has 1 aliphatic rings. The zero-order valence-corrected chi connectivity index (χ0v) is 8.30. The van der Waals surface area contributed by atoms with E-state index >= 15 is 0 Å². The quantitative estimate of drug-likeness (QED) is 0.670. The van der Waals surface area contributed by atoms with Crippen molar-refractivity contribution in [3.8, 4) is 5.75 Å². The lowest BCUT2D eigenvalue weighted by molar-refractivity contribution is 0.384. The van der Waals surface area contributed by atoms with Crippen LogP contribution in [0.4, 0.5) is 4.39 Å². The molecular formula is C11H12FNO. The van der Waals surface area contributed by atoms with Crippen molar-refractivity contribution < 1.29 is 9.13 Å². The van der Waals surface area contributed by atoms with Gasteiger partial charge in [-0.25, -0.2) is 4.39 Å². The van der Waals surface area contributed by atoms with Crippen LogP contribution < -0.4 is 4.74 Å². The predicted octanol–water partition coefficient (Wildman–Crippen LogP) is 2.20. The Balaban J connectivity index is 2.59. The Morgan fingerprint density at radius 1 is 1.43 bits per heavy atom. The van der Waals surface area contributed by atoms with Crippen LogP contribution in [0, 0.1) is 5.82 Å². The van der Waals surface area contributed by atoms with Gasteiger partial charge in [0, 0.05) is 23.4 Å². The fourth-order valence-corrected chi connectivity index (χ4v) is 1.76. The summed E-state index contributed by atoms with van der Waals surface area (Å²) in [7, 11) is 1.48. The lowest BCUT2D eigenvalue weighted by Gasteiger charge is -2.16. The van der Waals surface area contributed by atoms with Gasteiger partial charge in [0.05, 0.1) is 7.11 Å². The molecule has 3 heteroatoms. The molecule has 74 valence electrons. The molecule has 0 saturated heterocycles. The second-order valence-electron chi connectivity index (χ2n) is 3.33. The van der Waals surface area contributed by atoms with Crippen LogP contribution in [0.15, 0.2) is 17.1 Å². The third-order valence-electron chi connectivity index (χ3n) is 2.53. The monoisotopic (exact) mass is 193 g/mol. The fourth-order valence-electron chi connectivity index (χ4n) is 1.76. The van der Waals surface area contributed by atoms with E-state index in [0.29, 0.717) is 18.7 Å². The molecule has 2 rings (SSSR count). The van der Waals surface area contributed by atoms with Gasteiger partial charge in [-0.2, -0.15) is 0 Å². The van der Waals surface area contributed by atoms with Crippen LogP contribution in [0.3, 0.4) is 0 Å². The van der Waals surface area contributed by atoms with Crippen LogP contribution in [0.2, 0.25) is 0 Å². The van der Waals surface area contributed by atoms with Gasteiger partial charge in [-0.3, -0.25) is 4.99 Å². The molecule has 0 atom stereocenters. The SMILES string of the molecule is COc1ccc2c(c1F)CCN=C2C. The highest BCUT2D eigenvalue weighted by atomic mass is 19.1. The topological polar surface area (TPSA) is 21.6 Å². The van der Waals surface area contributed by atoms with Crippen molar-refractivity contribution in [3.63, 3.8) is 0 Å². The molecule has 0 radical (unpaired) electrons. The first-order valence-corrected chi connectivity index (χ1v) is 4.61.